The van der Waals surface area contributed by atoms with Crippen LogP contribution in [-0.4, -0.2) is 53.6 Å². The first-order valence-electron chi connectivity index (χ1n) is 8.99. The predicted octanol–water partition coefficient (Wildman–Crippen LogP) is 2.79. The summed E-state index contributed by atoms with van der Waals surface area (Å²) in [7, 11) is 0. The molecule has 1 saturated carbocycles. The fourth-order valence-corrected chi connectivity index (χ4v) is 3.36. The Labute approximate surface area is 140 Å². The van der Waals surface area contributed by atoms with Crippen molar-refractivity contribution >= 4 is 0 Å². The normalized spacial score (nSPS) is 34.5. The summed E-state index contributed by atoms with van der Waals surface area (Å²) in [4.78, 5) is 0. The highest BCUT2D eigenvalue weighted by molar-refractivity contribution is 4.97. The van der Waals surface area contributed by atoms with E-state index in [1.54, 1.807) is 6.08 Å². The van der Waals surface area contributed by atoms with Crippen LogP contribution in [0.25, 0.3) is 0 Å². The molecule has 0 bridgehead atoms. The minimum Gasteiger partial charge on any atom is -0.396 e. The number of hydrogen-bond acceptors (Lipinski definition) is 5. The van der Waals surface area contributed by atoms with Gasteiger partial charge in [0.2, 0.25) is 0 Å². The summed E-state index contributed by atoms with van der Waals surface area (Å²) >= 11 is 0. The summed E-state index contributed by atoms with van der Waals surface area (Å²) in [5.74, 6) is -0.504. The molecule has 3 rings (SSSR count). The molecule has 2 saturated heterocycles. The van der Waals surface area contributed by atoms with Gasteiger partial charge in [-0.3, -0.25) is 0 Å². The van der Waals surface area contributed by atoms with Crippen LogP contribution in [0.15, 0.2) is 12.7 Å². The van der Waals surface area contributed by atoms with E-state index in [2.05, 4.69) is 6.58 Å². The van der Waals surface area contributed by atoms with Crippen molar-refractivity contribution in [3.8, 4) is 0 Å². The average molecular weight is 330 g/mol. The van der Waals surface area contributed by atoms with Crippen LogP contribution in [0.2, 0.25) is 0 Å². The first kappa shape index (κ1) is 20.6. The van der Waals surface area contributed by atoms with Gasteiger partial charge in [-0.05, 0) is 26.2 Å². The first-order chi connectivity index (χ1) is 11.2. The van der Waals surface area contributed by atoms with Gasteiger partial charge in [0, 0.05) is 19.4 Å². The first-order valence-corrected chi connectivity index (χ1v) is 8.99. The molecule has 23 heavy (non-hydrogen) atoms. The molecule has 0 aromatic carbocycles. The van der Waals surface area contributed by atoms with Crippen molar-refractivity contribution < 1.29 is 24.4 Å². The minimum absolute atomic E-state index is 0.0698. The lowest BCUT2D eigenvalue weighted by Gasteiger charge is -2.34. The average Bonchev–Trinajstić information content (AvgIpc) is 2.94. The van der Waals surface area contributed by atoms with Gasteiger partial charge in [0.25, 0.3) is 0 Å². The Morgan fingerprint density at radius 2 is 1.70 bits per heavy atom. The smallest absolute Gasteiger partial charge is 0.169 e. The van der Waals surface area contributed by atoms with Crippen LogP contribution in [0, 0.1) is 0 Å². The molecule has 0 amide bonds. The van der Waals surface area contributed by atoms with E-state index < -0.39 is 11.9 Å². The molecule has 2 aliphatic heterocycles. The largest absolute Gasteiger partial charge is 0.396 e. The van der Waals surface area contributed by atoms with Crippen molar-refractivity contribution in [2.75, 3.05) is 13.2 Å². The van der Waals surface area contributed by atoms with Crippen LogP contribution in [0.1, 0.15) is 59.3 Å². The number of allylic oxidation sites excluding steroid dienone is 1. The second-order valence-corrected chi connectivity index (χ2v) is 6.00. The fraction of sp³-hybridized carbons (Fsp3) is 0.889. The van der Waals surface area contributed by atoms with Crippen LogP contribution in [-0.2, 0) is 14.2 Å². The minimum atomic E-state index is -0.619. The third-order valence-electron chi connectivity index (χ3n) is 4.28. The molecule has 0 aromatic rings. The Kier molecular flexibility index (Phi) is 9.32. The van der Waals surface area contributed by atoms with E-state index in [9.17, 15) is 5.11 Å². The maximum Gasteiger partial charge on any atom is 0.169 e. The van der Waals surface area contributed by atoms with Crippen LogP contribution >= 0.6 is 0 Å². The van der Waals surface area contributed by atoms with E-state index in [4.69, 9.17) is 19.3 Å². The molecule has 1 spiro atoms. The summed E-state index contributed by atoms with van der Waals surface area (Å²) in [5.41, 5.74) is 0. The molecule has 2 N–H and O–H groups in total. The van der Waals surface area contributed by atoms with Crippen molar-refractivity contribution in [1.82, 2.24) is 0 Å². The standard InChI is InChI=1S/C13H22O5.C3H6.C2H6/c14-7-4-10-12-11(9(15)8-16-10)17-13(18-12)5-2-1-3-6-13;1-3-2;1-2/h9-12,14-15H,1-8H2;3H,1H2,2H3;1-2H3. The van der Waals surface area contributed by atoms with E-state index in [0.717, 1.165) is 25.7 Å². The summed E-state index contributed by atoms with van der Waals surface area (Å²) in [6.45, 7) is 9.59. The van der Waals surface area contributed by atoms with Gasteiger partial charge in [-0.2, -0.15) is 0 Å². The Bertz CT molecular complexity index is 327. The van der Waals surface area contributed by atoms with Crippen LogP contribution in [0.3, 0.4) is 0 Å². The Morgan fingerprint density at radius 3 is 2.26 bits per heavy atom. The predicted molar refractivity (Wildman–Crippen MR) is 90.2 cm³/mol. The zero-order valence-corrected chi connectivity index (χ0v) is 14.9. The molecule has 2 heterocycles. The number of aliphatic hydroxyl groups is 2. The third-order valence-corrected chi connectivity index (χ3v) is 4.28. The summed E-state index contributed by atoms with van der Waals surface area (Å²) in [6, 6.07) is 0. The van der Waals surface area contributed by atoms with Gasteiger partial charge in [-0.15, -0.1) is 6.58 Å². The van der Waals surface area contributed by atoms with Crippen LogP contribution in [0.4, 0.5) is 0 Å². The zero-order valence-electron chi connectivity index (χ0n) is 14.9. The summed E-state index contributed by atoms with van der Waals surface area (Å²) in [5, 5.41) is 19.1. The van der Waals surface area contributed by atoms with Gasteiger partial charge in [0.15, 0.2) is 5.79 Å². The van der Waals surface area contributed by atoms with Crippen LogP contribution in [0.5, 0.6) is 0 Å². The highest BCUT2D eigenvalue weighted by atomic mass is 16.8. The molecule has 4 atom stereocenters. The molecular weight excluding hydrogens is 296 g/mol. The Morgan fingerprint density at radius 1 is 1.13 bits per heavy atom. The van der Waals surface area contributed by atoms with E-state index >= 15 is 0 Å². The highest BCUT2D eigenvalue weighted by Crippen LogP contribution is 2.44. The molecule has 3 fully saturated rings. The molecule has 4 unspecified atom stereocenters. The Hall–Kier alpha value is -0.460. The number of hydrogen-bond donors (Lipinski definition) is 2. The van der Waals surface area contributed by atoms with Gasteiger partial charge in [0.1, 0.15) is 18.3 Å². The number of fused-ring (bicyclic) bond motifs is 1. The van der Waals surface area contributed by atoms with E-state index in [0.29, 0.717) is 6.42 Å². The van der Waals surface area contributed by atoms with Crippen molar-refractivity contribution in [3.63, 3.8) is 0 Å². The highest BCUT2D eigenvalue weighted by Gasteiger charge is 2.54. The molecule has 0 radical (unpaired) electrons. The van der Waals surface area contributed by atoms with Gasteiger partial charge in [-0.1, -0.05) is 26.3 Å². The summed E-state index contributed by atoms with van der Waals surface area (Å²) in [6.07, 6.45) is 6.22. The maximum absolute atomic E-state index is 9.99. The maximum atomic E-state index is 9.99. The topological polar surface area (TPSA) is 68.2 Å². The lowest BCUT2D eigenvalue weighted by Crippen LogP contribution is -2.51. The lowest BCUT2D eigenvalue weighted by molar-refractivity contribution is -0.200. The molecule has 3 aliphatic rings. The van der Waals surface area contributed by atoms with E-state index in [1.807, 2.05) is 20.8 Å². The fourth-order valence-electron chi connectivity index (χ4n) is 3.36. The second-order valence-electron chi connectivity index (χ2n) is 6.00. The molecule has 136 valence electrons. The quantitative estimate of drug-likeness (QED) is 0.762. The van der Waals surface area contributed by atoms with Crippen molar-refractivity contribution in [3.05, 3.63) is 12.7 Å². The Balaban J connectivity index is 0.000000477. The van der Waals surface area contributed by atoms with E-state index in [-0.39, 0.29) is 31.5 Å². The van der Waals surface area contributed by atoms with Crippen molar-refractivity contribution in [2.24, 2.45) is 0 Å². The molecule has 5 nitrogen and oxygen atoms in total. The number of aliphatic hydroxyl groups excluding tert-OH is 2. The number of rotatable bonds is 2. The molecular formula is C18H34O5. The van der Waals surface area contributed by atoms with Crippen LogP contribution < -0.4 is 0 Å². The monoisotopic (exact) mass is 330 g/mol. The van der Waals surface area contributed by atoms with Crippen molar-refractivity contribution in [1.29, 1.82) is 0 Å². The summed E-state index contributed by atoms with van der Waals surface area (Å²) < 4.78 is 17.7. The zero-order chi connectivity index (χ0) is 17.3. The van der Waals surface area contributed by atoms with E-state index in [1.165, 1.54) is 6.42 Å². The SMILES string of the molecule is C=CC.CC.OCCC1OCC(O)C2OC3(CCCCC3)OC12. The van der Waals surface area contributed by atoms with Crippen molar-refractivity contribution in [2.45, 2.75) is 89.5 Å². The molecule has 1 aliphatic carbocycles. The molecule has 0 aromatic heterocycles. The van der Waals surface area contributed by atoms with Gasteiger partial charge in [0.05, 0.1) is 12.7 Å². The van der Waals surface area contributed by atoms with Gasteiger partial charge < -0.3 is 24.4 Å². The second kappa shape index (κ2) is 10.4. The third kappa shape index (κ3) is 5.26. The van der Waals surface area contributed by atoms with Gasteiger partial charge in [-0.25, -0.2) is 0 Å². The molecule has 5 heteroatoms. The number of ether oxygens (including phenoxy) is 3. The van der Waals surface area contributed by atoms with Gasteiger partial charge >= 0.3 is 0 Å². The lowest BCUT2D eigenvalue weighted by atomic mass is 9.94.